The molecular weight excluding hydrogens is 300 g/mol. The fraction of sp³-hybridized carbons (Fsp3) is 0.474. The third-order valence-electron chi connectivity index (χ3n) is 5.02. The van der Waals surface area contributed by atoms with Crippen LogP contribution in [0.25, 0.3) is 11.1 Å². The van der Waals surface area contributed by atoms with E-state index in [9.17, 15) is 4.79 Å². The number of carbonyl (C=O) groups is 1. The van der Waals surface area contributed by atoms with Gasteiger partial charge < -0.3 is 4.90 Å². The van der Waals surface area contributed by atoms with Crippen molar-refractivity contribution in [3.8, 4) is 11.1 Å². The Bertz CT molecular complexity index is 742. The maximum Gasteiger partial charge on any atom is 0.219 e. The second kappa shape index (κ2) is 6.30. The minimum atomic E-state index is 0.154. The van der Waals surface area contributed by atoms with Gasteiger partial charge in [0.15, 0.2) is 0 Å². The van der Waals surface area contributed by atoms with E-state index in [1.54, 1.807) is 19.3 Å². The molecule has 2 aliphatic rings. The molecule has 2 fully saturated rings. The van der Waals surface area contributed by atoms with Gasteiger partial charge in [0.05, 0.1) is 5.69 Å². The molecule has 5 nitrogen and oxygen atoms in total. The van der Waals surface area contributed by atoms with Crippen molar-refractivity contribution in [3.05, 3.63) is 42.2 Å². The SMILES string of the molecule is CC(=O)N1CCCC(c2nc(C3CC3)ncc2-c2ccncc2)C1. The lowest BCUT2D eigenvalue weighted by atomic mass is 9.90. The fourth-order valence-electron chi connectivity index (χ4n) is 3.50. The molecule has 1 aliphatic carbocycles. The van der Waals surface area contributed by atoms with E-state index in [0.29, 0.717) is 5.92 Å². The minimum Gasteiger partial charge on any atom is -0.342 e. The second-order valence-corrected chi connectivity index (χ2v) is 6.84. The number of nitrogens with zero attached hydrogens (tertiary/aromatic N) is 4. The molecule has 1 amide bonds. The Morgan fingerprint density at radius 3 is 2.67 bits per heavy atom. The third-order valence-corrected chi connectivity index (χ3v) is 5.02. The van der Waals surface area contributed by atoms with Gasteiger partial charge in [-0.1, -0.05) is 0 Å². The molecule has 24 heavy (non-hydrogen) atoms. The van der Waals surface area contributed by atoms with E-state index in [1.807, 2.05) is 23.2 Å². The average Bonchev–Trinajstić information content (AvgIpc) is 3.47. The molecule has 0 bridgehead atoms. The first-order valence-corrected chi connectivity index (χ1v) is 8.75. The Kier molecular flexibility index (Phi) is 4.00. The molecule has 5 heteroatoms. The van der Waals surface area contributed by atoms with Gasteiger partial charge in [-0.05, 0) is 43.4 Å². The normalized spacial score (nSPS) is 20.9. The summed E-state index contributed by atoms with van der Waals surface area (Å²) >= 11 is 0. The summed E-state index contributed by atoms with van der Waals surface area (Å²) < 4.78 is 0. The molecule has 0 aromatic carbocycles. The number of amides is 1. The summed E-state index contributed by atoms with van der Waals surface area (Å²) in [5.74, 6) is 1.94. The third kappa shape index (κ3) is 3.03. The molecule has 1 unspecified atom stereocenters. The molecule has 1 atom stereocenters. The van der Waals surface area contributed by atoms with E-state index in [4.69, 9.17) is 4.98 Å². The van der Waals surface area contributed by atoms with E-state index in [0.717, 1.165) is 48.6 Å². The molecule has 3 heterocycles. The lowest BCUT2D eigenvalue weighted by molar-refractivity contribution is -0.130. The Morgan fingerprint density at radius 2 is 1.96 bits per heavy atom. The Morgan fingerprint density at radius 1 is 1.17 bits per heavy atom. The molecule has 2 aromatic heterocycles. The van der Waals surface area contributed by atoms with Gasteiger partial charge in [-0.2, -0.15) is 0 Å². The number of carbonyl (C=O) groups excluding carboxylic acids is 1. The van der Waals surface area contributed by atoms with E-state index in [2.05, 4.69) is 9.97 Å². The van der Waals surface area contributed by atoms with Gasteiger partial charge in [-0.3, -0.25) is 9.78 Å². The summed E-state index contributed by atoms with van der Waals surface area (Å²) in [5.41, 5.74) is 3.28. The van der Waals surface area contributed by atoms with Crippen LogP contribution in [0.4, 0.5) is 0 Å². The molecule has 124 valence electrons. The predicted octanol–water partition coefficient (Wildman–Crippen LogP) is 3.14. The number of aromatic nitrogens is 3. The van der Waals surface area contributed by atoms with Crippen LogP contribution < -0.4 is 0 Å². The van der Waals surface area contributed by atoms with Crippen LogP contribution >= 0.6 is 0 Å². The maximum atomic E-state index is 11.8. The largest absolute Gasteiger partial charge is 0.342 e. The summed E-state index contributed by atoms with van der Waals surface area (Å²) in [7, 11) is 0. The smallest absolute Gasteiger partial charge is 0.219 e. The highest BCUT2D eigenvalue weighted by atomic mass is 16.2. The van der Waals surface area contributed by atoms with Gasteiger partial charge in [0.1, 0.15) is 5.82 Å². The molecule has 4 rings (SSSR count). The number of hydrogen-bond donors (Lipinski definition) is 0. The number of likely N-dealkylation sites (tertiary alicyclic amines) is 1. The highest BCUT2D eigenvalue weighted by Crippen LogP contribution is 2.40. The van der Waals surface area contributed by atoms with Gasteiger partial charge in [-0.25, -0.2) is 9.97 Å². The van der Waals surface area contributed by atoms with Gasteiger partial charge in [-0.15, -0.1) is 0 Å². The standard InChI is InChI=1S/C19H22N4O/c1-13(24)23-10-2-3-16(12-23)18-17(14-6-8-20-9-7-14)11-21-19(22-18)15-4-5-15/h6-9,11,15-16H,2-5,10,12H2,1H3. The summed E-state index contributed by atoms with van der Waals surface area (Å²) in [6.45, 7) is 3.27. The maximum absolute atomic E-state index is 11.8. The van der Waals surface area contributed by atoms with Crippen molar-refractivity contribution >= 4 is 5.91 Å². The van der Waals surface area contributed by atoms with E-state index in [-0.39, 0.29) is 11.8 Å². The van der Waals surface area contributed by atoms with Crippen molar-refractivity contribution in [2.45, 2.75) is 44.4 Å². The first-order valence-electron chi connectivity index (χ1n) is 8.75. The average molecular weight is 322 g/mol. The summed E-state index contributed by atoms with van der Waals surface area (Å²) in [6, 6.07) is 4.01. The topological polar surface area (TPSA) is 59.0 Å². The van der Waals surface area contributed by atoms with Crippen LogP contribution in [0.1, 0.15) is 56.0 Å². The predicted molar refractivity (Wildman–Crippen MR) is 91.5 cm³/mol. The van der Waals surface area contributed by atoms with Crippen LogP contribution in [0.3, 0.4) is 0 Å². The van der Waals surface area contributed by atoms with Crippen LogP contribution in [-0.4, -0.2) is 38.8 Å². The molecule has 0 spiro atoms. The van der Waals surface area contributed by atoms with Crippen LogP contribution in [0.5, 0.6) is 0 Å². The lowest BCUT2D eigenvalue weighted by Crippen LogP contribution is -2.38. The Labute approximate surface area is 142 Å². The van der Waals surface area contributed by atoms with E-state index < -0.39 is 0 Å². The molecule has 2 aromatic rings. The summed E-state index contributed by atoms with van der Waals surface area (Å²) in [6.07, 6.45) is 10.1. The van der Waals surface area contributed by atoms with Crippen LogP contribution in [-0.2, 0) is 4.79 Å². The number of pyridine rings is 1. The number of hydrogen-bond acceptors (Lipinski definition) is 4. The molecule has 0 radical (unpaired) electrons. The number of piperidine rings is 1. The fourth-order valence-corrected chi connectivity index (χ4v) is 3.50. The second-order valence-electron chi connectivity index (χ2n) is 6.84. The van der Waals surface area contributed by atoms with Gasteiger partial charge in [0.2, 0.25) is 5.91 Å². The van der Waals surface area contributed by atoms with Crippen molar-refractivity contribution < 1.29 is 4.79 Å². The van der Waals surface area contributed by atoms with Crippen LogP contribution in [0, 0.1) is 0 Å². The molecule has 1 saturated heterocycles. The quantitative estimate of drug-likeness (QED) is 0.871. The zero-order chi connectivity index (χ0) is 16.5. The van der Waals surface area contributed by atoms with E-state index in [1.165, 1.54) is 12.8 Å². The van der Waals surface area contributed by atoms with Crippen molar-refractivity contribution in [1.29, 1.82) is 0 Å². The molecule has 1 saturated carbocycles. The van der Waals surface area contributed by atoms with Crippen molar-refractivity contribution in [3.63, 3.8) is 0 Å². The lowest BCUT2D eigenvalue weighted by Gasteiger charge is -2.32. The van der Waals surface area contributed by atoms with Crippen LogP contribution in [0.15, 0.2) is 30.7 Å². The Hall–Kier alpha value is -2.30. The van der Waals surface area contributed by atoms with E-state index >= 15 is 0 Å². The Balaban J connectivity index is 1.73. The zero-order valence-corrected chi connectivity index (χ0v) is 14.0. The molecule has 0 N–H and O–H groups in total. The molecular formula is C19H22N4O. The highest BCUT2D eigenvalue weighted by Gasteiger charge is 2.30. The van der Waals surface area contributed by atoms with Gasteiger partial charge in [0, 0.05) is 56.0 Å². The first kappa shape index (κ1) is 15.2. The zero-order valence-electron chi connectivity index (χ0n) is 14.0. The first-order chi connectivity index (χ1) is 11.7. The van der Waals surface area contributed by atoms with Crippen molar-refractivity contribution in [1.82, 2.24) is 19.9 Å². The van der Waals surface area contributed by atoms with Gasteiger partial charge >= 0.3 is 0 Å². The highest BCUT2D eigenvalue weighted by molar-refractivity contribution is 5.73. The summed E-state index contributed by atoms with van der Waals surface area (Å²) in [4.78, 5) is 27.4. The van der Waals surface area contributed by atoms with Crippen molar-refractivity contribution in [2.75, 3.05) is 13.1 Å². The number of rotatable bonds is 3. The minimum absolute atomic E-state index is 0.154. The summed E-state index contributed by atoms with van der Waals surface area (Å²) in [5, 5.41) is 0. The van der Waals surface area contributed by atoms with Crippen molar-refractivity contribution in [2.24, 2.45) is 0 Å². The monoisotopic (exact) mass is 322 g/mol. The van der Waals surface area contributed by atoms with Gasteiger partial charge in [0.25, 0.3) is 0 Å². The van der Waals surface area contributed by atoms with Crippen LogP contribution in [0.2, 0.25) is 0 Å². The molecule has 1 aliphatic heterocycles.